The van der Waals surface area contributed by atoms with Gasteiger partial charge in [0.2, 0.25) is 0 Å². The number of anilines is 2. The van der Waals surface area contributed by atoms with Crippen LogP contribution in [0.1, 0.15) is 52.8 Å². The molecular weight excluding hydrogens is 212 g/mol. The van der Waals surface area contributed by atoms with Gasteiger partial charge in [-0.25, -0.2) is 4.68 Å². The molecular formula is C13H26N4. The van der Waals surface area contributed by atoms with Crippen molar-refractivity contribution in [3.8, 4) is 0 Å². The van der Waals surface area contributed by atoms with Crippen molar-refractivity contribution in [3.63, 3.8) is 0 Å². The van der Waals surface area contributed by atoms with E-state index in [1.165, 1.54) is 0 Å². The summed E-state index contributed by atoms with van der Waals surface area (Å²) in [6.07, 6.45) is 1.11. The molecule has 0 aliphatic heterocycles. The molecule has 4 heteroatoms. The first-order valence-electron chi connectivity index (χ1n) is 6.55. The molecule has 0 saturated heterocycles. The lowest BCUT2D eigenvalue weighted by Gasteiger charge is -2.31. The topological polar surface area (TPSA) is 47.1 Å². The Bertz CT molecular complexity index is 368. The van der Waals surface area contributed by atoms with E-state index < -0.39 is 0 Å². The number of hydrogen-bond acceptors (Lipinski definition) is 3. The van der Waals surface area contributed by atoms with E-state index in [1.807, 2.05) is 11.6 Å². The van der Waals surface area contributed by atoms with E-state index in [2.05, 4.69) is 44.6 Å². The van der Waals surface area contributed by atoms with Crippen molar-refractivity contribution in [3.05, 3.63) is 5.69 Å². The van der Waals surface area contributed by atoms with Gasteiger partial charge in [-0.1, -0.05) is 6.92 Å². The second-order valence-electron chi connectivity index (χ2n) is 4.90. The maximum Gasteiger partial charge on any atom is 0.151 e. The zero-order valence-corrected chi connectivity index (χ0v) is 12.0. The fourth-order valence-electron chi connectivity index (χ4n) is 2.08. The third-order valence-electron chi connectivity index (χ3n) is 3.33. The van der Waals surface area contributed by atoms with Crippen LogP contribution in [0, 0.1) is 6.92 Å². The van der Waals surface area contributed by atoms with Crippen LogP contribution in [0.2, 0.25) is 0 Å². The lowest BCUT2D eigenvalue weighted by atomic mass is 10.2. The Morgan fingerprint density at radius 2 is 1.88 bits per heavy atom. The third kappa shape index (κ3) is 2.56. The van der Waals surface area contributed by atoms with Crippen LogP contribution in [0.15, 0.2) is 0 Å². The lowest BCUT2D eigenvalue weighted by Crippen LogP contribution is -2.35. The second kappa shape index (κ2) is 5.43. The lowest BCUT2D eigenvalue weighted by molar-refractivity contribution is 0.508. The summed E-state index contributed by atoms with van der Waals surface area (Å²) in [4.78, 5) is 2.34. The first-order valence-corrected chi connectivity index (χ1v) is 6.55. The van der Waals surface area contributed by atoms with Gasteiger partial charge in [-0.05, 0) is 41.0 Å². The first-order chi connectivity index (χ1) is 7.93. The minimum Gasteiger partial charge on any atom is -0.394 e. The average molecular weight is 238 g/mol. The number of nitrogens with two attached hydrogens (primary N) is 1. The van der Waals surface area contributed by atoms with Crippen LogP contribution in [0.4, 0.5) is 11.5 Å². The number of hydrogen-bond donors (Lipinski definition) is 1. The van der Waals surface area contributed by atoms with Crippen LogP contribution in [-0.4, -0.2) is 22.4 Å². The Hall–Kier alpha value is -1.19. The van der Waals surface area contributed by atoms with Crippen LogP contribution in [0.5, 0.6) is 0 Å². The largest absolute Gasteiger partial charge is 0.394 e. The number of nitrogen functional groups attached to an aromatic ring is 1. The molecule has 0 fully saturated rings. The van der Waals surface area contributed by atoms with E-state index in [1.54, 1.807) is 0 Å². The molecule has 0 spiro atoms. The molecule has 1 aromatic rings. The van der Waals surface area contributed by atoms with Gasteiger partial charge in [0.15, 0.2) is 5.82 Å². The van der Waals surface area contributed by atoms with E-state index >= 15 is 0 Å². The van der Waals surface area contributed by atoms with E-state index in [-0.39, 0.29) is 0 Å². The van der Waals surface area contributed by atoms with Crippen molar-refractivity contribution in [1.82, 2.24) is 9.78 Å². The van der Waals surface area contributed by atoms with Gasteiger partial charge < -0.3 is 10.6 Å². The van der Waals surface area contributed by atoms with E-state index in [9.17, 15) is 0 Å². The molecule has 1 atom stereocenters. The SMILES string of the molecule is CCC(C)N(CC)c1c(N)c(C)nn1C(C)C. The van der Waals surface area contributed by atoms with Gasteiger partial charge >= 0.3 is 0 Å². The molecule has 1 unspecified atom stereocenters. The molecule has 1 heterocycles. The number of nitrogens with zero attached hydrogens (tertiary/aromatic N) is 3. The summed E-state index contributed by atoms with van der Waals surface area (Å²) >= 11 is 0. The van der Waals surface area contributed by atoms with Crippen LogP contribution >= 0.6 is 0 Å². The highest BCUT2D eigenvalue weighted by molar-refractivity contribution is 5.66. The highest BCUT2D eigenvalue weighted by Gasteiger charge is 2.22. The summed E-state index contributed by atoms with van der Waals surface area (Å²) in [7, 11) is 0. The third-order valence-corrected chi connectivity index (χ3v) is 3.33. The van der Waals surface area contributed by atoms with Gasteiger partial charge in [-0.3, -0.25) is 0 Å². The summed E-state index contributed by atoms with van der Waals surface area (Å²) in [5.74, 6) is 1.08. The molecule has 17 heavy (non-hydrogen) atoms. The van der Waals surface area contributed by atoms with Crippen LogP contribution in [-0.2, 0) is 0 Å². The van der Waals surface area contributed by atoms with Gasteiger partial charge in [0, 0.05) is 18.6 Å². The number of rotatable bonds is 5. The predicted molar refractivity (Wildman–Crippen MR) is 74.5 cm³/mol. The summed E-state index contributed by atoms with van der Waals surface area (Å²) in [6.45, 7) is 13.8. The summed E-state index contributed by atoms with van der Waals surface area (Å²) in [5, 5.41) is 4.55. The van der Waals surface area contributed by atoms with Crippen molar-refractivity contribution in [1.29, 1.82) is 0 Å². The minimum atomic E-state index is 0.333. The average Bonchev–Trinajstić information content (AvgIpc) is 2.58. The Labute approximate surface area is 105 Å². The predicted octanol–water partition coefficient (Wildman–Crippen LogP) is 2.98. The van der Waals surface area contributed by atoms with Crippen molar-refractivity contribution in [2.24, 2.45) is 0 Å². The minimum absolute atomic E-state index is 0.333. The Balaban J connectivity index is 3.26. The number of aromatic nitrogens is 2. The molecule has 0 saturated carbocycles. The molecule has 0 amide bonds. The van der Waals surface area contributed by atoms with Gasteiger partial charge in [-0.2, -0.15) is 5.10 Å². The van der Waals surface area contributed by atoms with Crippen molar-refractivity contribution in [2.45, 2.75) is 60.0 Å². The Morgan fingerprint density at radius 3 is 2.29 bits per heavy atom. The Kier molecular flexibility index (Phi) is 4.43. The zero-order chi connectivity index (χ0) is 13.2. The zero-order valence-electron chi connectivity index (χ0n) is 12.0. The second-order valence-corrected chi connectivity index (χ2v) is 4.90. The molecule has 0 aromatic carbocycles. The standard InChI is InChI=1S/C13H26N4/c1-7-10(5)16(8-2)13-12(14)11(6)15-17(13)9(3)4/h9-10H,7-8,14H2,1-6H3. The first kappa shape index (κ1) is 13.9. The van der Waals surface area contributed by atoms with Crippen molar-refractivity contribution in [2.75, 3.05) is 17.2 Å². The molecule has 0 aliphatic carbocycles. The maximum absolute atomic E-state index is 6.19. The fourth-order valence-corrected chi connectivity index (χ4v) is 2.08. The molecule has 4 nitrogen and oxygen atoms in total. The summed E-state index contributed by atoms with van der Waals surface area (Å²) in [6, 6.07) is 0.815. The fraction of sp³-hybridized carbons (Fsp3) is 0.769. The van der Waals surface area contributed by atoms with Crippen molar-refractivity contribution >= 4 is 11.5 Å². The normalized spacial score (nSPS) is 13.1. The van der Waals surface area contributed by atoms with E-state index in [4.69, 9.17) is 5.73 Å². The van der Waals surface area contributed by atoms with E-state index in [0.29, 0.717) is 12.1 Å². The highest BCUT2D eigenvalue weighted by atomic mass is 15.4. The molecule has 0 radical (unpaired) electrons. The van der Waals surface area contributed by atoms with Gasteiger partial charge in [0.05, 0.1) is 11.4 Å². The van der Waals surface area contributed by atoms with Gasteiger partial charge in [-0.15, -0.1) is 0 Å². The van der Waals surface area contributed by atoms with Gasteiger partial charge in [0.1, 0.15) is 0 Å². The molecule has 1 aromatic heterocycles. The number of aryl methyl sites for hydroxylation is 1. The molecule has 1 rings (SSSR count). The molecule has 0 bridgehead atoms. The Morgan fingerprint density at radius 1 is 1.29 bits per heavy atom. The van der Waals surface area contributed by atoms with Crippen LogP contribution in [0.3, 0.4) is 0 Å². The smallest absolute Gasteiger partial charge is 0.151 e. The van der Waals surface area contributed by atoms with Crippen LogP contribution in [0.25, 0.3) is 0 Å². The quantitative estimate of drug-likeness (QED) is 0.858. The van der Waals surface area contributed by atoms with Crippen LogP contribution < -0.4 is 10.6 Å². The monoisotopic (exact) mass is 238 g/mol. The molecule has 98 valence electrons. The highest BCUT2D eigenvalue weighted by Crippen LogP contribution is 2.30. The maximum atomic E-state index is 6.19. The van der Waals surface area contributed by atoms with Crippen molar-refractivity contribution < 1.29 is 0 Å². The summed E-state index contributed by atoms with van der Waals surface area (Å²) < 4.78 is 2.04. The molecule has 0 aliphatic rings. The van der Waals surface area contributed by atoms with E-state index in [0.717, 1.165) is 30.2 Å². The molecule has 2 N–H and O–H groups in total. The summed E-state index contributed by atoms with van der Waals surface area (Å²) in [5.41, 5.74) is 7.93. The van der Waals surface area contributed by atoms with Gasteiger partial charge in [0.25, 0.3) is 0 Å².